The lowest BCUT2D eigenvalue weighted by molar-refractivity contribution is 0.628. The number of hydrogen-bond acceptors (Lipinski definition) is 4. The van der Waals surface area contributed by atoms with E-state index in [1.165, 1.54) is 12.1 Å². The first-order valence-corrected chi connectivity index (χ1v) is 6.10. The fourth-order valence-corrected chi connectivity index (χ4v) is 2.27. The summed E-state index contributed by atoms with van der Waals surface area (Å²) in [6.07, 6.45) is 1.78. The Balaban J connectivity index is 2.24. The van der Waals surface area contributed by atoms with Crippen LogP contribution >= 0.6 is 11.3 Å². The number of halogens is 1. The third kappa shape index (κ3) is 2.62. The molecule has 17 heavy (non-hydrogen) atoms. The van der Waals surface area contributed by atoms with Crippen molar-refractivity contribution in [3.63, 3.8) is 0 Å². The lowest BCUT2D eigenvalue weighted by atomic mass is 10.3. The standard InChI is InChI=1S/C12H14FN3S/c1-8(14)11-7-15-12(17-11)16(2)10-5-3-9(13)4-6-10/h3-8H,14H2,1-2H3. The number of anilines is 2. The largest absolute Gasteiger partial charge is 0.323 e. The number of thiazole rings is 1. The maximum absolute atomic E-state index is 12.8. The van der Waals surface area contributed by atoms with Crippen molar-refractivity contribution in [2.45, 2.75) is 13.0 Å². The fraction of sp³-hybridized carbons (Fsp3) is 0.250. The zero-order valence-electron chi connectivity index (χ0n) is 9.72. The van der Waals surface area contributed by atoms with Gasteiger partial charge < -0.3 is 10.6 Å². The molecule has 2 N–H and O–H groups in total. The summed E-state index contributed by atoms with van der Waals surface area (Å²) in [6.45, 7) is 1.93. The van der Waals surface area contributed by atoms with Gasteiger partial charge >= 0.3 is 0 Å². The molecule has 0 aliphatic rings. The van der Waals surface area contributed by atoms with E-state index >= 15 is 0 Å². The number of hydrogen-bond donors (Lipinski definition) is 1. The van der Waals surface area contributed by atoms with Crippen molar-refractivity contribution in [2.75, 3.05) is 11.9 Å². The predicted octanol–water partition coefficient (Wildman–Crippen LogP) is 3.07. The highest BCUT2D eigenvalue weighted by molar-refractivity contribution is 7.15. The van der Waals surface area contributed by atoms with Crippen LogP contribution in [0.5, 0.6) is 0 Å². The van der Waals surface area contributed by atoms with Gasteiger partial charge in [-0.1, -0.05) is 11.3 Å². The minimum Gasteiger partial charge on any atom is -0.323 e. The molecule has 5 heteroatoms. The van der Waals surface area contributed by atoms with E-state index in [1.54, 1.807) is 29.7 Å². The number of nitrogens with zero attached hydrogens (tertiary/aromatic N) is 2. The Morgan fingerprint density at radius 1 is 1.35 bits per heavy atom. The molecule has 0 spiro atoms. The van der Waals surface area contributed by atoms with Crippen LogP contribution in [-0.4, -0.2) is 12.0 Å². The molecule has 0 amide bonds. The minimum atomic E-state index is -0.238. The van der Waals surface area contributed by atoms with Gasteiger partial charge in [0.15, 0.2) is 5.13 Å². The monoisotopic (exact) mass is 251 g/mol. The average Bonchev–Trinajstić information content (AvgIpc) is 2.78. The highest BCUT2D eigenvalue weighted by Crippen LogP contribution is 2.30. The van der Waals surface area contributed by atoms with Gasteiger partial charge in [0.25, 0.3) is 0 Å². The second kappa shape index (κ2) is 4.81. The van der Waals surface area contributed by atoms with E-state index in [2.05, 4.69) is 4.98 Å². The van der Waals surface area contributed by atoms with Crippen LogP contribution in [-0.2, 0) is 0 Å². The van der Waals surface area contributed by atoms with Crippen molar-refractivity contribution in [1.29, 1.82) is 0 Å². The SMILES string of the molecule is CC(N)c1cnc(N(C)c2ccc(F)cc2)s1. The normalized spacial score (nSPS) is 12.5. The molecule has 1 heterocycles. The topological polar surface area (TPSA) is 42.1 Å². The van der Waals surface area contributed by atoms with E-state index in [0.29, 0.717) is 0 Å². The van der Waals surface area contributed by atoms with Gasteiger partial charge in [0.2, 0.25) is 0 Å². The quantitative estimate of drug-likeness (QED) is 0.911. The van der Waals surface area contributed by atoms with Gasteiger partial charge in [0.1, 0.15) is 5.82 Å². The summed E-state index contributed by atoms with van der Waals surface area (Å²) in [6, 6.07) is 6.31. The predicted molar refractivity (Wildman–Crippen MR) is 69.2 cm³/mol. The summed E-state index contributed by atoms with van der Waals surface area (Å²) in [5.74, 6) is -0.238. The highest BCUT2D eigenvalue weighted by atomic mass is 32.1. The zero-order valence-corrected chi connectivity index (χ0v) is 10.5. The smallest absolute Gasteiger partial charge is 0.189 e. The Bertz CT molecular complexity index is 493. The molecule has 0 aliphatic carbocycles. The molecule has 1 aromatic heterocycles. The Hall–Kier alpha value is -1.46. The molecule has 1 unspecified atom stereocenters. The van der Waals surface area contributed by atoms with E-state index in [9.17, 15) is 4.39 Å². The lowest BCUT2D eigenvalue weighted by Gasteiger charge is -2.15. The molecule has 3 nitrogen and oxygen atoms in total. The fourth-order valence-electron chi connectivity index (χ4n) is 1.42. The van der Waals surface area contributed by atoms with Gasteiger partial charge in [0, 0.05) is 29.9 Å². The molecule has 0 radical (unpaired) electrons. The second-order valence-electron chi connectivity index (χ2n) is 3.87. The van der Waals surface area contributed by atoms with E-state index in [0.717, 1.165) is 15.7 Å². The molecule has 90 valence electrons. The van der Waals surface area contributed by atoms with Crippen LogP contribution in [0, 0.1) is 5.82 Å². The van der Waals surface area contributed by atoms with E-state index in [-0.39, 0.29) is 11.9 Å². The first kappa shape index (κ1) is 12.0. The van der Waals surface area contributed by atoms with Gasteiger partial charge in [0.05, 0.1) is 0 Å². The molecular weight excluding hydrogens is 237 g/mol. The summed E-state index contributed by atoms with van der Waals surface area (Å²) in [7, 11) is 1.90. The van der Waals surface area contributed by atoms with E-state index < -0.39 is 0 Å². The Kier molecular flexibility index (Phi) is 3.40. The van der Waals surface area contributed by atoms with Crippen molar-refractivity contribution in [1.82, 2.24) is 4.98 Å². The molecule has 0 bridgehead atoms. The van der Waals surface area contributed by atoms with Crippen molar-refractivity contribution in [2.24, 2.45) is 5.73 Å². The maximum Gasteiger partial charge on any atom is 0.189 e. The average molecular weight is 251 g/mol. The first-order valence-electron chi connectivity index (χ1n) is 5.28. The molecule has 0 saturated heterocycles. The molecule has 0 saturated carbocycles. The molecule has 0 aliphatic heterocycles. The van der Waals surface area contributed by atoms with Crippen molar-refractivity contribution in [3.05, 3.63) is 41.2 Å². The van der Waals surface area contributed by atoms with Crippen molar-refractivity contribution >= 4 is 22.2 Å². The van der Waals surface area contributed by atoms with Crippen LogP contribution in [0.4, 0.5) is 15.2 Å². The van der Waals surface area contributed by atoms with Gasteiger partial charge in [-0.15, -0.1) is 0 Å². The highest BCUT2D eigenvalue weighted by Gasteiger charge is 2.10. The third-order valence-corrected chi connectivity index (χ3v) is 3.74. The zero-order chi connectivity index (χ0) is 12.4. The van der Waals surface area contributed by atoms with Crippen LogP contribution < -0.4 is 10.6 Å². The number of benzene rings is 1. The Morgan fingerprint density at radius 2 is 2.00 bits per heavy atom. The van der Waals surface area contributed by atoms with Crippen LogP contribution in [0.2, 0.25) is 0 Å². The summed E-state index contributed by atoms with van der Waals surface area (Å²) >= 11 is 1.54. The summed E-state index contributed by atoms with van der Waals surface area (Å²) in [5.41, 5.74) is 6.69. The Labute approximate surface area is 104 Å². The molecule has 2 aromatic rings. The van der Waals surface area contributed by atoms with Crippen molar-refractivity contribution < 1.29 is 4.39 Å². The molecule has 1 aromatic carbocycles. The number of rotatable bonds is 3. The molecular formula is C12H14FN3S. The van der Waals surface area contributed by atoms with Crippen molar-refractivity contribution in [3.8, 4) is 0 Å². The summed E-state index contributed by atoms with van der Waals surface area (Å²) < 4.78 is 12.8. The van der Waals surface area contributed by atoms with Crippen LogP contribution in [0.15, 0.2) is 30.5 Å². The Morgan fingerprint density at radius 3 is 2.53 bits per heavy atom. The van der Waals surface area contributed by atoms with Gasteiger partial charge in [-0.05, 0) is 31.2 Å². The third-order valence-electron chi connectivity index (χ3n) is 2.46. The molecule has 0 fully saturated rings. The summed E-state index contributed by atoms with van der Waals surface area (Å²) in [4.78, 5) is 7.26. The number of nitrogens with two attached hydrogens (primary N) is 1. The minimum absolute atomic E-state index is 0.0112. The molecule has 2 rings (SSSR count). The van der Waals surface area contributed by atoms with Gasteiger partial charge in [-0.25, -0.2) is 9.37 Å². The first-order chi connectivity index (χ1) is 8.08. The van der Waals surface area contributed by atoms with Crippen LogP contribution in [0.1, 0.15) is 17.8 Å². The van der Waals surface area contributed by atoms with Crippen LogP contribution in [0.3, 0.4) is 0 Å². The van der Waals surface area contributed by atoms with E-state index in [4.69, 9.17) is 5.73 Å². The lowest BCUT2D eigenvalue weighted by Crippen LogP contribution is -2.08. The van der Waals surface area contributed by atoms with Gasteiger partial charge in [-0.2, -0.15) is 0 Å². The number of aromatic nitrogens is 1. The second-order valence-corrected chi connectivity index (χ2v) is 4.91. The van der Waals surface area contributed by atoms with E-state index in [1.807, 2.05) is 18.9 Å². The van der Waals surface area contributed by atoms with Crippen LogP contribution in [0.25, 0.3) is 0 Å². The van der Waals surface area contributed by atoms with Gasteiger partial charge in [-0.3, -0.25) is 0 Å². The maximum atomic E-state index is 12.8. The molecule has 1 atom stereocenters. The summed E-state index contributed by atoms with van der Waals surface area (Å²) in [5, 5.41) is 0.851.